The molecule has 36 heavy (non-hydrogen) atoms. The molecule has 6 rings (SSSR count). The van der Waals surface area contributed by atoms with Gasteiger partial charge in [-0.1, -0.05) is 11.3 Å². The minimum atomic E-state index is -3.00. The van der Waals surface area contributed by atoms with Gasteiger partial charge in [-0.25, -0.2) is 31.1 Å². The third-order valence-electron chi connectivity index (χ3n) is 6.71. The molecule has 190 valence electrons. The number of fused-ring (bicyclic) bond motifs is 2. The zero-order valence-electron chi connectivity index (χ0n) is 19.2. The summed E-state index contributed by atoms with van der Waals surface area (Å²) in [6, 6.07) is 3.13. The summed E-state index contributed by atoms with van der Waals surface area (Å²) in [5.41, 5.74) is 1.67. The Labute approximate surface area is 200 Å². The summed E-state index contributed by atoms with van der Waals surface area (Å²) in [4.78, 5) is 5.70. The Kier molecular flexibility index (Phi) is 4.91. The van der Waals surface area contributed by atoms with Crippen LogP contribution in [0, 0.1) is 5.82 Å². The largest absolute Gasteiger partial charge is 0.479 e. The summed E-state index contributed by atoms with van der Waals surface area (Å²) in [6.45, 7) is -0.324. The van der Waals surface area contributed by atoms with Crippen LogP contribution in [0.25, 0.3) is 27.7 Å². The maximum atomic E-state index is 15.3. The van der Waals surface area contributed by atoms with Gasteiger partial charge in [-0.05, 0) is 24.7 Å². The summed E-state index contributed by atoms with van der Waals surface area (Å²) < 4.78 is 78.7. The van der Waals surface area contributed by atoms with Crippen molar-refractivity contribution in [1.29, 1.82) is 0 Å². The second-order valence-electron chi connectivity index (χ2n) is 9.40. The number of likely N-dealkylation sites (N-methyl/N-ethyl adjacent to an activating group) is 1. The first kappa shape index (κ1) is 22.9. The lowest BCUT2D eigenvalue weighted by atomic mass is 9.88. The van der Waals surface area contributed by atoms with Crippen LogP contribution in [0.3, 0.4) is 0 Å². The van der Waals surface area contributed by atoms with Gasteiger partial charge in [-0.2, -0.15) is 4.98 Å². The topological polar surface area (TPSA) is 85.4 Å². The molecule has 1 aliphatic carbocycles. The molecule has 4 aromatic rings. The van der Waals surface area contributed by atoms with Gasteiger partial charge < -0.3 is 10.1 Å². The van der Waals surface area contributed by atoms with Crippen molar-refractivity contribution in [3.05, 3.63) is 30.2 Å². The van der Waals surface area contributed by atoms with Gasteiger partial charge in [-0.15, -0.1) is 10.2 Å². The second-order valence-corrected chi connectivity index (χ2v) is 9.40. The van der Waals surface area contributed by atoms with Crippen molar-refractivity contribution < 1.29 is 26.7 Å². The molecule has 0 bridgehead atoms. The maximum Gasteiger partial charge on any atom is 0.281 e. The highest BCUT2D eigenvalue weighted by molar-refractivity contribution is 5.89. The molecule has 1 aromatic carbocycles. The van der Waals surface area contributed by atoms with Crippen LogP contribution >= 0.6 is 0 Å². The van der Waals surface area contributed by atoms with Crippen molar-refractivity contribution in [1.82, 2.24) is 34.5 Å². The minimum absolute atomic E-state index is 0.0218. The number of ether oxygens (including phenoxy) is 1. The number of hydrogen-bond donors (Lipinski definition) is 1. The highest BCUT2D eigenvalue weighted by atomic mass is 19.3. The average molecular weight is 508 g/mol. The van der Waals surface area contributed by atoms with Crippen molar-refractivity contribution in [2.24, 2.45) is 0 Å². The van der Waals surface area contributed by atoms with Gasteiger partial charge in [0.25, 0.3) is 11.8 Å². The van der Waals surface area contributed by atoms with Crippen LogP contribution in [-0.4, -0.2) is 79.6 Å². The number of aromatic nitrogens is 6. The SMILES string of the molecule is COc1nc(N[C@@H]2CN(C)CC2(F)F)nn2cc(F)c(-c3ccc4nnn(C5CC(F)(F)C5)c4c3)c12. The number of nitrogens with one attached hydrogen (secondary N) is 1. The number of methoxy groups -OCH3 is 1. The van der Waals surface area contributed by atoms with E-state index in [-0.39, 0.29) is 42.3 Å². The van der Waals surface area contributed by atoms with Crippen molar-refractivity contribution in [2.75, 3.05) is 32.6 Å². The fraction of sp³-hybridized carbons (Fsp3) is 0.455. The lowest BCUT2D eigenvalue weighted by molar-refractivity contribution is -0.106. The smallest absolute Gasteiger partial charge is 0.281 e. The van der Waals surface area contributed by atoms with Crippen molar-refractivity contribution >= 4 is 22.5 Å². The Morgan fingerprint density at radius 2 is 1.94 bits per heavy atom. The van der Waals surface area contributed by atoms with Crippen LogP contribution in [0.1, 0.15) is 18.9 Å². The zero-order valence-corrected chi connectivity index (χ0v) is 19.2. The number of rotatable bonds is 5. The first-order valence-corrected chi connectivity index (χ1v) is 11.2. The lowest BCUT2D eigenvalue weighted by Gasteiger charge is -2.34. The van der Waals surface area contributed by atoms with Gasteiger partial charge in [0.05, 0.1) is 37.0 Å². The first-order valence-electron chi connectivity index (χ1n) is 11.2. The quantitative estimate of drug-likeness (QED) is 0.412. The minimum Gasteiger partial charge on any atom is -0.479 e. The second kappa shape index (κ2) is 7.72. The molecule has 1 aliphatic heterocycles. The number of likely N-dealkylation sites (tertiary alicyclic amines) is 1. The van der Waals surface area contributed by atoms with Gasteiger partial charge in [-0.3, -0.25) is 4.90 Å². The molecule has 1 saturated carbocycles. The number of nitrogens with zero attached hydrogens (tertiary/aromatic N) is 7. The summed E-state index contributed by atoms with van der Waals surface area (Å²) in [5, 5.41) is 14.9. The molecule has 0 amide bonds. The molecule has 1 saturated heterocycles. The summed E-state index contributed by atoms with van der Waals surface area (Å²) in [6.07, 6.45) is 0.421. The van der Waals surface area contributed by atoms with E-state index in [2.05, 4.69) is 25.7 Å². The Morgan fingerprint density at radius 3 is 2.61 bits per heavy atom. The molecule has 0 unspecified atom stereocenters. The van der Waals surface area contributed by atoms with Gasteiger partial charge in [0.1, 0.15) is 17.1 Å². The third kappa shape index (κ3) is 3.62. The van der Waals surface area contributed by atoms with E-state index >= 15 is 4.39 Å². The van der Waals surface area contributed by atoms with E-state index in [0.717, 1.165) is 6.20 Å². The molecule has 0 spiro atoms. The summed E-state index contributed by atoms with van der Waals surface area (Å²) >= 11 is 0. The number of halogens is 5. The van der Waals surface area contributed by atoms with Gasteiger partial charge in [0, 0.05) is 19.4 Å². The molecule has 2 aliphatic rings. The molecule has 14 heteroatoms. The van der Waals surface area contributed by atoms with Crippen LogP contribution in [0.2, 0.25) is 0 Å². The highest BCUT2D eigenvalue weighted by Crippen LogP contribution is 2.46. The number of benzene rings is 1. The highest BCUT2D eigenvalue weighted by Gasteiger charge is 2.48. The van der Waals surface area contributed by atoms with Crippen LogP contribution in [0.4, 0.5) is 27.9 Å². The maximum absolute atomic E-state index is 15.3. The monoisotopic (exact) mass is 508 g/mol. The van der Waals surface area contributed by atoms with E-state index in [1.165, 1.54) is 21.2 Å². The lowest BCUT2D eigenvalue weighted by Crippen LogP contribution is -2.38. The molecule has 3 aromatic heterocycles. The standard InChI is InChI=1S/C22H21F5N8O/c1-33-9-16(22(26,27)10-33)28-20-29-19(36-2)18-17(13(23)8-34(18)31-20)11-3-4-14-15(5-11)35(32-30-14)12-6-21(24,25)7-12/h3-5,8,12,16H,6-7,9-10H2,1-2H3,(H,28,31)/t16-/m1/s1. The van der Waals surface area contributed by atoms with E-state index in [0.29, 0.717) is 16.6 Å². The Bertz CT molecular complexity index is 1480. The van der Waals surface area contributed by atoms with Crippen LogP contribution in [-0.2, 0) is 0 Å². The summed E-state index contributed by atoms with van der Waals surface area (Å²) in [5.74, 6) is -6.54. The van der Waals surface area contributed by atoms with E-state index < -0.39 is 36.3 Å². The van der Waals surface area contributed by atoms with Gasteiger partial charge >= 0.3 is 0 Å². The predicted octanol–water partition coefficient (Wildman–Crippen LogP) is 3.62. The van der Waals surface area contributed by atoms with E-state index in [9.17, 15) is 17.6 Å². The molecule has 0 radical (unpaired) electrons. The van der Waals surface area contributed by atoms with Gasteiger partial charge in [0.2, 0.25) is 11.8 Å². The van der Waals surface area contributed by atoms with Crippen molar-refractivity contribution in [3.63, 3.8) is 0 Å². The number of alkyl halides is 4. The fourth-order valence-corrected chi connectivity index (χ4v) is 4.95. The Hall–Kier alpha value is -3.55. The van der Waals surface area contributed by atoms with Gasteiger partial charge in [0.15, 0.2) is 5.82 Å². The van der Waals surface area contributed by atoms with Crippen molar-refractivity contribution in [2.45, 2.75) is 36.8 Å². The Balaban J connectivity index is 1.41. The predicted molar refractivity (Wildman–Crippen MR) is 119 cm³/mol. The molecular formula is C22H21F5N8O. The number of hydrogen-bond acceptors (Lipinski definition) is 7. The molecule has 2 fully saturated rings. The molecule has 1 atom stereocenters. The van der Waals surface area contributed by atoms with E-state index in [4.69, 9.17) is 4.74 Å². The number of anilines is 1. The third-order valence-corrected chi connectivity index (χ3v) is 6.71. The van der Waals surface area contributed by atoms with Crippen LogP contribution in [0.15, 0.2) is 24.4 Å². The van der Waals surface area contributed by atoms with E-state index in [1.54, 1.807) is 25.2 Å². The fourth-order valence-electron chi connectivity index (χ4n) is 4.95. The van der Waals surface area contributed by atoms with Crippen LogP contribution in [0.5, 0.6) is 5.88 Å². The molecule has 9 nitrogen and oxygen atoms in total. The molecule has 1 N–H and O–H groups in total. The van der Waals surface area contributed by atoms with Crippen molar-refractivity contribution in [3.8, 4) is 17.0 Å². The summed E-state index contributed by atoms with van der Waals surface area (Å²) in [7, 11) is 2.92. The zero-order chi connectivity index (χ0) is 25.4. The van der Waals surface area contributed by atoms with Crippen LogP contribution < -0.4 is 10.1 Å². The first-order chi connectivity index (χ1) is 17.0. The normalized spacial score (nSPS) is 21.8. The molecular weight excluding hydrogens is 487 g/mol. The molecule has 4 heterocycles. The average Bonchev–Trinajstić information content (AvgIpc) is 3.42. The van der Waals surface area contributed by atoms with E-state index in [1.807, 2.05) is 0 Å². The Morgan fingerprint density at radius 1 is 1.17 bits per heavy atom.